The molecular formula is C15H23ClN4O. The highest BCUT2D eigenvalue weighted by Crippen LogP contribution is 2.20. The Hall–Kier alpha value is -1.33. The lowest BCUT2D eigenvalue weighted by Gasteiger charge is -2.35. The second-order valence-electron chi connectivity index (χ2n) is 5.79. The third kappa shape index (κ3) is 4.08. The molecule has 1 fully saturated rings. The first-order valence-corrected chi connectivity index (χ1v) is 7.74. The van der Waals surface area contributed by atoms with Crippen molar-refractivity contribution in [2.24, 2.45) is 5.92 Å². The number of anilines is 1. The molecule has 0 aromatic carbocycles. The molecule has 0 unspecified atom stereocenters. The second kappa shape index (κ2) is 7.09. The number of hydrogen-bond donors (Lipinski definition) is 1. The van der Waals surface area contributed by atoms with Crippen LogP contribution in [0.15, 0.2) is 12.3 Å². The zero-order valence-electron chi connectivity index (χ0n) is 12.9. The van der Waals surface area contributed by atoms with E-state index in [9.17, 15) is 4.79 Å². The van der Waals surface area contributed by atoms with E-state index in [-0.39, 0.29) is 5.91 Å². The SMILES string of the molecule is CNc1ncc(C(=O)N2CCN(CC(C)C)CC2)cc1Cl. The van der Waals surface area contributed by atoms with Crippen LogP contribution in [0.2, 0.25) is 5.02 Å². The van der Waals surface area contributed by atoms with E-state index in [4.69, 9.17) is 11.6 Å². The van der Waals surface area contributed by atoms with Crippen LogP contribution in [0.5, 0.6) is 0 Å². The molecule has 0 atom stereocenters. The highest BCUT2D eigenvalue weighted by Gasteiger charge is 2.23. The average Bonchev–Trinajstić information content (AvgIpc) is 2.46. The standard InChI is InChI=1S/C15H23ClN4O/c1-11(2)10-19-4-6-20(7-5-19)15(21)12-8-13(16)14(17-3)18-9-12/h8-9,11H,4-7,10H2,1-3H3,(H,17,18). The summed E-state index contributed by atoms with van der Waals surface area (Å²) in [6.45, 7) is 8.91. The number of hydrogen-bond acceptors (Lipinski definition) is 4. The van der Waals surface area contributed by atoms with Crippen LogP contribution in [-0.4, -0.2) is 60.5 Å². The lowest BCUT2D eigenvalue weighted by molar-refractivity contribution is 0.0623. The first-order chi connectivity index (χ1) is 10.0. The van der Waals surface area contributed by atoms with Gasteiger partial charge in [0.1, 0.15) is 5.82 Å². The zero-order chi connectivity index (χ0) is 15.4. The molecule has 21 heavy (non-hydrogen) atoms. The lowest BCUT2D eigenvalue weighted by Crippen LogP contribution is -2.49. The summed E-state index contributed by atoms with van der Waals surface area (Å²) in [5.74, 6) is 1.26. The summed E-state index contributed by atoms with van der Waals surface area (Å²) in [6, 6.07) is 1.68. The fraction of sp³-hybridized carbons (Fsp3) is 0.600. The van der Waals surface area contributed by atoms with Gasteiger partial charge in [0.05, 0.1) is 10.6 Å². The van der Waals surface area contributed by atoms with Crippen LogP contribution in [-0.2, 0) is 0 Å². The number of amides is 1. The predicted octanol–water partition coefficient (Wildman–Crippen LogP) is 2.19. The Balaban J connectivity index is 1.97. The van der Waals surface area contributed by atoms with Crippen molar-refractivity contribution in [2.45, 2.75) is 13.8 Å². The molecule has 0 spiro atoms. The summed E-state index contributed by atoms with van der Waals surface area (Å²) in [4.78, 5) is 20.9. The minimum Gasteiger partial charge on any atom is -0.372 e. The normalized spacial score (nSPS) is 16.3. The van der Waals surface area contributed by atoms with E-state index in [2.05, 4.69) is 29.0 Å². The van der Waals surface area contributed by atoms with Crippen molar-refractivity contribution in [3.05, 3.63) is 22.8 Å². The maximum Gasteiger partial charge on any atom is 0.255 e. The number of rotatable bonds is 4. The molecule has 1 aliphatic rings. The molecule has 1 amide bonds. The topological polar surface area (TPSA) is 48.5 Å². The van der Waals surface area contributed by atoms with Gasteiger partial charge in [0.2, 0.25) is 0 Å². The Labute approximate surface area is 131 Å². The van der Waals surface area contributed by atoms with E-state index in [1.807, 2.05) is 4.90 Å². The lowest BCUT2D eigenvalue weighted by atomic mass is 10.1. The Morgan fingerprint density at radius 2 is 2.05 bits per heavy atom. The molecule has 1 saturated heterocycles. The Kier molecular flexibility index (Phi) is 5.42. The summed E-state index contributed by atoms with van der Waals surface area (Å²) in [7, 11) is 1.75. The number of piperazine rings is 1. The van der Waals surface area contributed by atoms with Crippen LogP contribution >= 0.6 is 11.6 Å². The van der Waals surface area contributed by atoms with Gasteiger partial charge in [0, 0.05) is 46.0 Å². The number of carbonyl (C=O) groups is 1. The molecular weight excluding hydrogens is 288 g/mol. The third-order valence-corrected chi connectivity index (χ3v) is 3.90. The summed E-state index contributed by atoms with van der Waals surface area (Å²) in [5, 5.41) is 3.36. The number of aromatic nitrogens is 1. The molecule has 0 bridgehead atoms. The van der Waals surface area contributed by atoms with E-state index in [1.54, 1.807) is 19.3 Å². The van der Waals surface area contributed by atoms with Crippen molar-refractivity contribution < 1.29 is 4.79 Å². The van der Waals surface area contributed by atoms with Crippen molar-refractivity contribution in [1.29, 1.82) is 0 Å². The Morgan fingerprint density at radius 3 is 2.57 bits per heavy atom. The van der Waals surface area contributed by atoms with Crippen molar-refractivity contribution in [3.8, 4) is 0 Å². The van der Waals surface area contributed by atoms with Gasteiger partial charge in [0.25, 0.3) is 5.91 Å². The van der Waals surface area contributed by atoms with Crippen LogP contribution in [0, 0.1) is 5.92 Å². The summed E-state index contributed by atoms with van der Waals surface area (Å²) >= 11 is 6.09. The highest BCUT2D eigenvalue weighted by molar-refractivity contribution is 6.33. The second-order valence-corrected chi connectivity index (χ2v) is 6.20. The highest BCUT2D eigenvalue weighted by atomic mass is 35.5. The minimum atomic E-state index is 0.0104. The molecule has 116 valence electrons. The Bertz CT molecular complexity index is 498. The summed E-state index contributed by atoms with van der Waals surface area (Å²) < 4.78 is 0. The fourth-order valence-corrected chi connectivity index (χ4v) is 2.83. The van der Waals surface area contributed by atoms with Gasteiger partial charge >= 0.3 is 0 Å². The van der Waals surface area contributed by atoms with Crippen LogP contribution in [0.4, 0.5) is 5.82 Å². The molecule has 1 aliphatic heterocycles. The van der Waals surface area contributed by atoms with Crippen LogP contribution in [0.1, 0.15) is 24.2 Å². The molecule has 1 aromatic rings. The third-order valence-electron chi connectivity index (χ3n) is 3.61. The van der Waals surface area contributed by atoms with Gasteiger partial charge < -0.3 is 10.2 Å². The van der Waals surface area contributed by atoms with Crippen LogP contribution < -0.4 is 5.32 Å². The van der Waals surface area contributed by atoms with E-state index >= 15 is 0 Å². The van der Waals surface area contributed by atoms with E-state index in [1.165, 1.54) is 0 Å². The molecule has 1 aromatic heterocycles. The first-order valence-electron chi connectivity index (χ1n) is 7.36. The number of nitrogens with one attached hydrogen (secondary N) is 1. The van der Waals surface area contributed by atoms with Gasteiger partial charge in [-0.25, -0.2) is 4.98 Å². The van der Waals surface area contributed by atoms with Gasteiger partial charge in [0.15, 0.2) is 0 Å². The molecule has 0 aliphatic carbocycles. The Morgan fingerprint density at radius 1 is 1.38 bits per heavy atom. The van der Waals surface area contributed by atoms with E-state index in [0.717, 1.165) is 32.7 Å². The fourth-order valence-electron chi connectivity index (χ4n) is 2.57. The smallest absolute Gasteiger partial charge is 0.255 e. The van der Waals surface area contributed by atoms with E-state index in [0.29, 0.717) is 22.3 Å². The maximum absolute atomic E-state index is 12.5. The summed E-state index contributed by atoms with van der Waals surface area (Å²) in [6.07, 6.45) is 1.58. The monoisotopic (exact) mass is 310 g/mol. The van der Waals surface area contributed by atoms with Gasteiger partial charge in [-0.2, -0.15) is 0 Å². The first kappa shape index (κ1) is 16.0. The zero-order valence-corrected chi connectivity index (χ0v) is 13.7. The van der Waals surface area contributed by atoms with Gasteiger partial charge in [-0.05, 0) is 12.0 Å². The maximum atomic E-state index is 12.5. The number of halogens is 1. The van der Waals surface area contributed by atoms with Crippen molar-refractivity contribution in [1.82, 2.24) is 14.8 Å². The molecule has 6 heteroatoms. The quantitative estimate of drug-likeness (QED) is 0.926. The molecule has 2 heterocycles. The van der Waals surface area contributed by atoms with Crippen molar-refractivity contribution in [3.63, 3.8) is 0 Å². The molecule has 1 N–H and O–H groups in total. The molecule has 2 rings (SSSR count). The average molecular weight is 311 g/mol. The molecule has 5 nitrogen and oxygen atoms in total. The van der Waals surface area contributed by atoms with Crippen molar-refractivity contribution in [2.75, 3.05) is 45.1 Å². The van der Waals surface area contributed by atoms with Gasteiger partial charge in [-0.3, -0.25) is 9.69 Å². The summed E-state index contributed by atoms with van der Waals surface area (Å²) in [5.41, 5.74) is 0.552. The van der Waals surface area contributed by atoms with Gasteiger partial charge in [-0.15, -0.1) is 0 Å². The van der Waals surface area contributed by atoms with Crippen molar-refractivity contribution >= 4 is 23.3 Å². The molecule has 0 saturated carbocycles. The number of pyridine rings is 1. The minimum absolute atomic E-state index is 0.0104. The van der Waals surface area contributed by atoms with Crippen LogP contribution in [0.25, 0.3) is 0 Å². The predicted molar refractivity (Wildman–Crippen MR) is 86.0 cm³/mol. The van der Waals surface area contributed by atoms with Gasteiger partial charge in [-0.1, -0.05) is 25.4 Å². The number of nitrogens with zero attached hydrogens (tertiary/aromatic N) is 3. The van der Waals surface area contributed by atoms with E-state index < -0.39 is 0 Å². The van der Waals surface area contributed by atoms with Crippen LogP contribution in [0.3, 0.4) is 0 Å². The largest absolute Gasteiger partial charge is 0.372 e. The molecule has 0 radical (unpaired) electrons. The number of carbonyl (C=O) groups excluding carboxylic acids is 1.